The molecule has 9 heteroatoms. The lowest BCUT2D eigenvalue weighted by molar-refractivity contribution is 0.289. The van der Waals surface area contributed by atoms with Gasteiger partial charge in [-0.05, 0) is 19.4 Å². The van der Waals surface area contributed by atoms with E-state index in [4.69, 9.17) is 10.5 Å². The van der Waals surface area contributed by atoms with Crippen molar-refractivity contribution in [2.45, 2.75) is 25.1 Å². The van der Waals surface area contributed by atoms with Crippen LogP contribution in [0.15, 0.2) is 15.8 Å². The summed E-state index contributed by atoms with van der Waals surface area (Å²) in [6, 6.07) is 0.0419. The van der Waals surface area contributed by atoms with Gasteiger partial charge >= 0.3 is 5.69 Å². The molecule has 0 radical (unpaired) electrons. The number of aromatic nitrogens is 3. The molecule has 3 N–H and O–H groups in total. The zero-order valence-electron chi connectivity index (χ0n) is 13.9. The van der Waals surface area contributed by atoms with Gasteiger partial charge in [-0.1, -0.05) is 0 Å². The predicted molar refractivity (Wildman–Crippen MR) is 91.1 cm³/mol. The average Bonchev–Trinajstić information content (AvgIpc) is 3.35. The molecule has 1 saturated heterocycles. The fraction of sp³-hybridized carbons (Fsp3) is 0.562. The van der Waals surface area contributed by atoms with Crippen molar-refractivity contribution in [1.82, 2.24) is 14.5 Å². The van der Waals surface area contributed by atoms with E-state index in [-0.39, 0.29) is 25.0 Å². The molecule has 1 aliphatic heterocycles. The molecular formula is C16H20FN5O3. The van der Waals surface area contributed by atoms with Crippen molar-refractivity contribution in [1.29, 1.82) is 0 Å². The smallest absolute Gasteiger partial charge is 0.329 e. The summed E-state index contributed by atoms with van der Waals surface area (Å²) in [5, 5.41) is 0.290. The van der Waals surface area contributed by atoms with Crippen molar-refractivity contribution in [3.05, 3.63) is 27.0 Å². The number of nitrogens with zero attached hydrogens (tertiary/aromatic N) is 3. The van der Waals surface area contributed by atoms with Crippen LogP contribution in [0.2, 0.25) is 0 Å². The molecule has 2 aliphatic rings. The van der Waals surface area contributed by atoms with Crippen LogP contribution >= 0.6 is 0 Å². The Hall–Kier alpha value is -2.42. The zero-order valence-corrected chi connectivity index (χ0v) is 13.9. The number of hydrogen-bond acceptors (Lipinski definition) is 6. The predicted octanol–water partition coefficient (Wildman–Crippen LogP) is 0.161. The summed E-state index contributed by atoms with van der Waals surface area (Å²) < 4.78 is 21.2. The minimum absolute atomic E-state index is 0.0419. The third-order valence-corrected chi connectivity index (χ3v) is 4.99. The average molecular weight is 349 g/mol. The lowest BCUT2D eigenvalue weighted by Crippen LogP contribution is -2.31. The second kappa shape index (κ2) is 5.83. The van der Waals surface area contributed by atoms with E-state index >= 15 is 0 Å². The number of H-pyrrole nitrogens is 1. The highest BCUT2D eigenvalue weighted by Gasteiger charge is 2.35. The molecule has 1 aliphatic carbocycles. The minimum Gasteiger partial charge on any atom is -0.491 e. The van der Waals surface area contributed by atoms with Gasteiger partial charge in [-0.25, -0.2) is 14.2 Å². The Morgan fingerprint density at radius 1 is 1.40 bits per heavy atom. The number of halogens is 1. The normalized spacial score (nSPS) is 23.4. The number of hydrogen-bond donors (Lipinski definition) is 2. The molecule has 4 rings (SSSR count). The highest BCUT2D eigenvalue weighted by molar-refractivity contribution is 5.88. The number of methoxy groups -OCH3 is 1. The second-order valence-electron chi connectivity index (χ2n) is 6.65. The molecule has 2 unspecified atom stereocenters. The van der Waals surface area contributed by atoms with Crippen molar-refractivity contribution in [2.24, 2.45) is 11.7 Å². The van der Waals surface area contributed by atoms with Crippen molar-refractivity contribution in [3.63, 3.8) is 0 Å². The summed E-state index contributed by atoms with van der Waals surface area (Å²) in [6.07, 6.45) is 2.12. The van der Waals surface area contributed by atoms with Gasteiger partial charge in [0.25, 0.3) is 5.56 Å². The van der Waals surface area contributed by atoms with E-state index in [1.165, 1.54) is 13.3 Å². The Labute approximate surface area is 142 Å². The molecule has 2 aromatic rings. The summed E-state index contributed by atoms with van der Waals surface area (Å²) in [5.74, 6) is 0.498. The summed E-state index contributed by atoms with van der Waals surface area (Å²) in [7, 11) is 1.46. The first-order valence-corrected chi connectivity index (χ1v) is 8.35. The first-order valence-electron chi connectivity index (χ1n) is 8.35. The fourth-order valence-corrected chi connectivity index (χ4v) is 3.53. The number of anilines is 1. The standard InChI is InChI=1S/C16H20FN5O3/c1-25-13-12-10(15(23)20-16(24)22(12)9-2-3-9)5-19-14(13)21-6-8(4-18)11(17)7-21/h5,8-9,11H,2-4,6-7,18H2,1H3,(H,20,23,24). The molecule has 0 bridgehead atoms. The molecule has 0 spiro atoms. The van der Waals surface area contributed by atoms with E-state index in [0.29, 0.717) is 29.0 Å². The molecule has 0 amide bonds. The Kier molecular flexibility index (Phi) is 3.75. The van der Waals surface area contributed by atoms with E-state index in [9.17, 15) is 14.0 Å². The van der Waals surface area contributed by atoms with Gasteiger partial charge in [0.05, 0.1) is 19.0 Å². The van der Waals surface area contributed by atoms with E-state index in [2.05, 4.69) is 9.97 Å². The van der Waals surface area contributed by atoms with Crippen LogP contribution in [-0.2, 0) is 0 Å². The lowest BCUT2D eigenvalue weighted by Gasteiger charge is -2.21. The summed E-state index contributed by atoms with van der Waals surface area (Å²) in [6.45, 7) is 0.830. The fourth-order valence-electron chi connectivity index (χ4n) is 3.53. The molecular weight excluding hydrogens is 329 g/mol. The van der Waals surface area contributed by atoms with Crippen LogP contribution in [0.1, 0.15) is 18.9 Å². The van der Waals surface area contributed by atoms with Gasteiger partial charge in [-0.15, -0.1) is 0 Å². The number of rotatable bonds is 4. The summed E-state index contributed by atoms with van der Waals surface area (Å²) >= 11 is 0. The van der Waals surface area contributed by atoms with E-state index in [0.717, 1.165) is 12.8 Å². The first kappa shape index (κ1) is 16.1. The van der Waals surface area contributed by atoms with Crippen LogP contribution in [-0.4, -0.2) is 47.5 Å². The number of nitrogens with one attached hydrogen (secondary N) is 1. The summed E-state index contributed by atoms with van der Waals surface area (Å²) in [5.41, 5.74) is 5.10. The van der Waals surface area contributed by atoms with Crippen molar-refractivity contribution in [3.8, 4) is 5.75 Å². The maximum Gasteiger partial charge on any atom is 0.329 e. The molecule has 1 saturated carbocycles. The monoisotopic (exact) mass is 349 g/mol. The number of nitrogens with two attached hydrogens (primary N) is 1. The van der Waals surface area contributed by atoms with Gasteiger partial charge in [0.1, 0.15) is 11.7 Å². The van der Waals surface area contributed by atoms with Gasteiger partial charge < -0.3 is 15.4 Å². The Bertz CT molecular complexity index is 936. The Morgan fingerprint density at radius 2 is 2.16 bits per heavy atom. The molecule has 2 aromatic heterocycles. The van der Waals surface area contributed by atoms with Gasteiger partial charge in [-0.2, -0.15) is 0 Å². The van der Waals surface area contributed by atoms with Gasteiger partial charge in [0.2, 0.25) is 0 Å². The molecule has 2 atom stereocenters. The summed E-state index contributed by atoms with van der Waals surface area (Å²) in [4.78, 5) is 33.0. The molecule has 134 valence electrons. The van der Waals surface area contributed by atoms with E-state index < -0.39 is 17.4 Å². The maximum absolute atomic E-state index is 14.1. The Balaban J connectivity index is 1.94. The zero-order chi connectivity index (χ0) is 17.7. The molecule has 25 heavy (non-hydrogen) atoms. The number of aromatic amines is 1. The third-order valence-electron chi connectivity index (χ3n) is 4.99. The number of ether oxygens (including phenoxy) is 1. The maximum atomic E-state index is 14.1. The van der Waals surface area contributed by atoms with E-state index in [1.807, 2.05) is 0 Å². The van der Waals surface area contributed by atoms with Gasteiger partial charge in [0.15, 0.2) is 11.6 Å². The Morgan fingerprint density at radius 3 is 2.76 bits per heavy atom. The van der Waals surface area contributed by atoms with Crippen LogP contribution in [0.4, 0.5) is 10.2 Å². The van der Waals surface area contributed by atoms with Gasteiger partial charge in [0, 0.05) is 24.7 Å². The van der Waals surface area contributed by atoms with Crippen molar-refractivity contribution < 1.29 is 9.13 Å². The number of fused-ring (bicyclic) bond motifs is 1. The quantitative estimate of drug-likeness (QED) is 0.814. The SMILES string of the molecule is COc1c(N2CC(F)C(CN)C2)ncc2c(=O)[nH]c(=O)n(C3CC3)c12. The van der Waals surface area contributed by atoms with E-state index in [1.54, 1.807) is 9.47 Å². The lowest BCUT2D eigenvalue weighted by atomic mass is 10.1. The van der Waals surface area contributed by atoms with Crippen molar-refractivity contribution >= 4 is 16.7 Å². The van der Waals surface area contributed by atoms with Crippen LogP contribution < -0.4 is 26.6 Å². The third kappa shape index (κ3) is 2.50. The van der Waals surface area contributed by atoms with Crippen LogP contribution in [0.5, 0.6) is 5.75 Å². The highest BCUT2D eigenvalue weighted by Crippen LogP contribution is 2.40. The topological polar surface area (TPSA) is 106 Å². The molecule has 3 heterocycles. The van der Waals surface area contributed by atoms with Crippen LogP contribution in [0.25, 0.3) is 10.9 Å². The first-order chi connectivity index (χ1) is 12.0. The van der Waals surface area contributed by atoms with Crippen LogP contribution in [0.3, 0.4) is 0 Å². The number of alkyl halides is 1. The van der Waals surface area contributed by atoms with Crippen molar-refractivity contribution in [2.75, 3.05) is 31.6 Å². The number of pyridine rings is 1. The molecule has 2 fully saturated rings. The minimum atomic E-state index is -1.04. The molecule has 8 nitrogen and oxygen atoms in total. The largest absolute Gasteiger partial charge is 0.491 e. The molecule has 0 aromatic carbocycles. The second-order valence-corrected chi connectivity index (χ2v) is 6.65. The van der Waals surface area contributed by atoms with Gasteiger partial charge in [-0.3, -0.25) is 14.3 Å². The highest BCUT2D eigenvalue weighted by atomic mass is 19.1. The van der Waals surface area contributed by atoms with Crippen LogP contribution in [0, 0.1) is 5.92 Å².